The highest BCUT2D eigenvalue weighted by Crippen LogP contribution is 2.21. The zero-order chi connectivity index (χ0) is 13.0. The van der Waals surface area contributed by atoms with E-state index in [1.165, 1.54) is 0 Å². The van der Waals surface area contributed by atoms with Crippen molar-refractivity contribution in [2.45, 2.75) is 19.8 Å². The Morgan fingerprint density at radius 2 is 2.28 bits per heavy atom. The molecule has 0 fully saturated rings. The van der Waals surface area contributed by atoms with Gasteiger partial charge in [-0.3, -0.25) is 0 Å². The van der Waals surface area contributed by atoms with Crippen LogP contribution < -0.4 is 5.73 Å². The lowest BCUT2D eigenvalue weighted by molar-refractivity contribution is 0.350. The van der Waals surface area contributed by atoms with E-state index in [9.17, 15) is 0 Å². The van der Waals surface area contributed by atoms with Crippen LogP contribution in [0.4, 0.5) is 0 Å². The SMILES string of the molecule is CCC(CN)Cc1nc(-c2cccc(Br)c2)no1. The molecule has 1 heterocycles. The van der Waals surface area contributed by atoms with Crippen molar-refractivity contribution in [3.05, 3.63) is 34.6 Å². The molecule has 2 rings (SSSR count). The minimum atomic E-state index is 0.404. The van der Waals surface area contributed by atoms with Gasteiger partial charge in [0.1, 0.15) is 0 Å². The van der Waals surface area contributed by atoms with Gasteiger partial charge in [-0.1, -0.05) is 46.6 Å². The number of halogens is 1. The number of aromatic nitrogens is 2. The quantitative estimate of drug-likeness (QED) is 0.922. The van der Waals surface area contributed by atoms with Crippen LogP contribution in [0.1, 0.15) is 19.2 Å². The Morgan fingerprint density at radius 1 is 1.44 bits per heavy atom. The zero-order valence-electron chi connectivity index (χ0n) is 10.3. The zero-order valence-corrected chi connectivity index (χ0v) is 11.9. The number of hydrogen-bond donors (Lipinski definition) is 1. The van der Waals surface area contributed by atoms with Gasteiger partial charge in [0.25, 0.3) is 0 Å². The average molecular weight is 310 g/mol. The summed E-state index contributed by atoms with van der Waals surface area (Å²) in [5.41, 5.74) is 6.62. The average Bonchev–Trinajstić information content (AvgIpc) is 2.84. The highest BCUT2D eigenvalue weighted by Gasteiger charge is 2.13. The van der Waals surface area contributed by atoms with Crippen LogP contribution in [0.5, 0.6) is 0 Å². The van der Waals surface area contributed by atoms with E-state index in [1.54, 1.807) is 0 Å². The van der Waals surface area contributed by atoms with Crippen LogP contribution in [0.2, 0.25) is 0 Å². The number of hydrogen-bond acceptors (Lipinski definition) is 4. The normalized spacial score (nSPS) is 12.6. The van der Waals surface area contributed by atoms with Gasteiger partial charge in [0.2, 0.25) is 11.7 Å². The summed E-state index contributed by atoms with van der Waals surface area (Å²) >= 11 is 3.43. The van der Waals surface area contributed by atoms with Gasteiger partial charge >= 0.3 is 0 Å². The van der Waals surface area contributed by atoms with Crippen LogP contribution >= 0.6 is 15.9 Å². The standard InChI is InChI=1S/C13H16BrN3O/c1-2-9(8-15)6-12-16-13(17-18-12)10-4-3-5-11(14)7-10/h3-5,7,9H,2,6,8,15H2,1H3. The van der Waals surface area contributed by atoms with Gasteiger partial charge in [-0.05, 0) is 24.6 Å². The topological polar surface area (TPSA) is 64.9 Å². The summed E-state index contributed by atoms with van der Waals surface area (Å²) in [4.78, 5) is 4.40. The molecule has 1 atom stereocenters. The number of benzene rings is 1. The van der Waals surface area contributed by atoms with Crippen molar-refractivity contribution in [2.75, 3.05) is 6.54 Å². The minimum absolute atomic E-state index is 0.404. The number of nitrogens with zero attached hydrogens (tertiary/aromatic N) is 2. The summed E-state index contributed by atoms with van der Waals surface area (Å²) in [6, 6.07) is 7.84. The van der Waals surface area contributed by atoms with Crippen molar-refractivity contribution in [3.8, 4) is 11.4 Å². The first-order chi connectivity index (χ1) is 8.72. The van der Waals surface area contributed by atoms with E-state index in [4.69, 9.17) is 10.3 Å². The second-order valence-corrected chi connectivity index (χ2v) is 5.15. The molecule has 0 amide bonds. The van der Waals surface area contributed by atoms with Crippen molar-refractivity contribution in [2.24, 2.45) is 11.7 Å². The molecule has 0 spiro atoms. The predicted octanol–water partition coefficient (Wildman–Crippen LogP) is 3.03. The van der Waals surface area contributed by atoms with Crippen LogP contribution in [0, 0.1) is 5.92 Å². The molecule has 2 aromatic rings. The molecule has 4 nitrogen and oxygen atoms in total. The number of nitrogens with two attached hydrogens (primary N) is 1. The second-order valence-electron chi connectivity index (χ2n) is 4.24. The molecule has 0 saturated heterocycles. The second kappa shape index (κ2) is 6.11. The summed E-state index contributed by atoms with van der Waals surface area (Å²) in [6.07, 6.45) is 1.76. The molecular weight excluding hydrogens is 294 g/mol. The van der Waals surface area contributed by atoms with E-state index in [2.05, 4.69) is 33.0 Å². The summed E-state index contributed by atoms with van der Waals surface area (Å²) in [5.74, 6) is 1.68. The fourth-order valence-corrected chi connectivity index (χ4v) is 2.12. The first-order valence-electron chi connectivity index (χ1n) is 6.01. The van der Waals surface area contributed by atoms with Crippen LogP contribution in [0.25, 0.3) is 11.4 Å². The maximum absolute atomic E-state index is 5.67. The number of rotatable bonds is 5. The van der Waals surface area contributed by atoms with Crippen molar-refractivity contribution in [1.82, 2.24) is 10.1 Å². The lowest BCUT2D eigenvalue weighted by Crippen LogP contribution is -2.15. The smallest absolute Gasteiger partial charge is 0.227 e. The molecule has 2 N–H and O–H groups in total. The third-order valence-electron chi connectivity index (χ3n) is 2.92. The largest absolute Gasteiger partial charge is 0.339 e. The van der Waals surface area contributed by atoms with Crippen LogP contribution in [-0.2, 0) is 6.42 Å². The molecule has 0 aliphatic carbocycles. The first kappa shape index (κ1) is 13.2. The Hall–Kier alpha value is -1.20. The molecule has 0 saturated carbocycles. The van der Waals surface area contributed by atoms with Gasteiger partial charge < -0.3 is 10.3 Å². The molecule has 1 unspecified atom stereocenters. The van der Waals surface area contributed by atoms with Gasteiger partial charge in [0, 0.05) is 16.5 Å². The fraction of sp³-hybridized carbons (Fsp3) is 0.385. The first-order valence-corrected chi connectivity index (χ1v) is 6.80. The highest BCUT2D eigenvalue weighted by molar-refractivity contribution is 9.10. The highest BCUT2D eigenvalue weighted by atomic mass is 79.9. The van der Waals surface area contributed by atoms with Gasteiger partial charge in [0.05, 0.1) is 0 Å². The van der Waals surface area contributed by atoms with Crippen molar-refractivity contribution in [1.29, 1.82) is 0 Å². The molecule has 0 bridgehead atoms. The van der Waals surface area contributed by atoms with Crippen molar-refractivity contribution >= 4 is 15.9 Å². The van der Waals surface area contributed by atoms with E-state index in [0.717, 1.165) is 22.9 Å². The Labute approximate surface area is 115 Å². The molecule has 0 radical (unpaired) electrons. The minimum Gasteiger partial charge on any atom is -0.339 e. The third-order valence-corrected chi connectivity index (χ3v) is 3.42. The lowest BCUT2D eigenvalue weighted by atomic mass is 10.0. The van der Waals surface area contributed by atoms with Crippen LogP contribution in [-0.4, -0.2) is 16.7 Å². The Morgan fingerprint density at radius 3 is 2.94 bits per heavy atom. The van der Waals surface area contributed by atoms with E-state index in [-0.39, 0.29) is 0 Å². The Balaban J connectivity index is 2.15. The molecule has 0 aliphatic rings. The van der Waals surface area contributed by atoms with Crippen LogP contribution in [0.3, 0.4) is 0 Å². The van der Waals surface area contributed by atoms with E-state index in [1.807, 2.05) is 24.3 Å². The van der Waals surface area contributed by atoms with E-state index >= 15 is 0 Å². The molecule has 1 aromatic heterocycles. The van der Waals surface area contributed by atoms with Crippen molar-refractivity contribution in [3.63, 3.8) is 0 Å². The summed E-state index contributed by atoms with van der Waals surface area (Å²) < 4.78 is 6.26. The van der Waals surface area contributed by atoms with Gasteiger partial charge in [0.15, 0.2) is 0 Å². The summed E-state index contributed by atoms with van der Waals surface area (Å²) in [5, 5.41) is 4.00. The van der Waals surface area contributed by atoms with E-state index < -0.39 is 0 Å². The van der Waals surface area contributed by atoms with Crippen LogP contribution in [0.15, 0.2) is 33.3 Å². The summed E-state index contributed by atoms with van der Waals surface area (Å²) in [7, 11) is 0. The molecule has 0 aliphatic heterocycles. The van der Waals surface area contributed by atoms with Gasteiger partial charge in [-0.15, -0.1) is 0 Å². The molecule has 5 heteroatoms. The third kappa shape index (κ3) is 3.17. The maximum atomic E-state index is 5.67. The molecular formula is C13H16BrN3O. The molecule has 18 heavy (non-hydrogen) atoms. The monoisotopic (exact) mass is 309 g/mol. The maximum Gasteiger partial charge on any atom is 0.227 e. The fourth-order valence-electron chi connectivity index (χ4n) is 1.72. The molecule has 1 aromatic carbocycles. The van der Waals surface area contributed by atoms with Gasteiger partial charge in [-0.2, -0.15) is 4.98 Å². The Bertz CT molecular complexity index is 508. The lowest BCUT2D eigenvalue weighted by Gasteiger charge is -2.07. The Kier molecular flexibility index (Phi) is 4.49. The van der Waals surface area contributed by atoms with Gasteiger partial charge in [-0.25, -0.2) is 0 Å². The predicted molar refractivity (Wildman–Crippen MR) is 74.0 cm³/mol. The van der Waals surface area contributed by atoms with E-state index in [0.29, 0.717) is 24.2 Å². The molecule has 96 valence electrons. The summed E-state index contributed by atoms with van der Waals surface area (Å²) in [6.45, 7) is 2.76. The van der Waals surface area contributed by atoms with Crippen molar-refractivity contribution < 1.29 is 4.52 Å².